The Labute approximate surface area is 170 Å². The van der Waals surface area contributed by atoms with Crippen molar-refractivity contribution >= 4 is 17.5 Å². The molecular formula is C22H26N2O5. The molecule has 2 amide bonds. The van der Waals surface area contributed by atoms with E-state index in [1.54, 1.807) is 30.2 Å². The molecule has 0 saturated carbocycles. The molecular weight excluding hydrogens is 372 g/mol. The number of hydrogen-bond donors (Lipinski definition) is 1. The quantitative estimate of drug-likeness (QED) is 0.740. The van der Waals surface area contributed by atoms with Gasteiger partial charge in [-0.2, -0.15) is 0 Å². The molecule has 3 rings (SSSR count). The van der Waals surface area contributed by atoms with Crippen LogP contribution >= 0.6 is 0 Å². The molecule has 7 heteroatoms. The van der Waals surface area contributed by atoms with Crippen LogP contribution in [-0.4, -0.2) is 44.7 Å². The van der Waals surface area contributed by atoms with Gasteiger partial charge in [-0.3, -0.25) is 9.59 Å². The molecule has 7 nitrogen and oxygen atoms in total. The normalized spacial score (nSPS) is 15.9. The van der Waals surface area contributed by atoms with Gasteiger partial charge in [-0.05, 0) is 56.3 Å². The molecule has 1 fully saturated rings. The Hall–Kier alpha value is -3.22. The van der Waals surface area contributed by atoms with Crippen molar-refractivity contribution in [1.29, 1.82) is 0 Å². The monoisotopic (exact) mass is 398 g/mol. The first kappa shape index (κ1) is 20.5. The van der Waals surface area contributed by atoms with Gasteiger partial charge in [0.25, 0.3) is 5.91 Å². The highest BCUT2D eigenvalue weighted by molar-refractivity contribution is 5.99. The highest BCUT2D eigenvalue weighted by Crippen LogP contribution is 2.29. The number of carbonyl (C=O) groups is 2. The van der Waals surface area contributed by atoms with Crippen LogP contribution in [0.1, 0.15) is 30.6 Å². The summed E-state index contributed by atoms with van der Waals surface area (Å²) in [6, 6.07) is 12.1. The summed E-state index contributed by atoms with van der Waals surface area (Å²) in [5, 5.41) is 2.95. The maximum absolute atomic E-state index is 12.7. The first-order chi connectivity index (χ1) is 14.0. The lowest BCUT2D eigenvalue weighted by Gasteiger charge is -2.18. The standard InChI is InChI=1S/C22H26N2O5/c1-4-28-19-11-6-15(12-20(19)29-5-2)22(26)23-16-13-21(25)24(14-16)17-7-9-18(27-3)10-8-17/h6-12,16H,4-5,13-14H2,1-3H3,(H,23,26)/t16-/m1/s1. The number of methoxy groups -OCH3 is 1. The van der Waals surface area contributed by atoms with E-state index >= 15 is 0 Å². The zero-order valence-electron chi connectivity index (χ0n) is 16.9. The smallest absolute Gasteiger partial charge is 0.251 e. The largest absolute Gasteiger partial charge is 0.497 e. The number of nitrogens with zero attached hydrogens (tertiary/aromatic N) is 1. The third kappa shape index (κ3) is 4.80. The maximum Gasteiger partial charge on any atom is 0.251 e. The number of carbonyl (C=O) groups excluding carboxylic acids is 2. The maximum atomic E-state index is 12.7. The van der Waals surface area contributed by atoms with Crippen molar-refractivity contribution in [2.75, 3.05) is 31.8 Å². The zero-order valence-corrected chi connectivity index (χ0v) is 16.9. The summed E-state index contributed by atoms with van der Waals surface area (Å²) >= 11 is 0. The van der Waals surface area contributed by atoms with Gasteiger partial charge in [0.1, 0.15) is 5.75 Å². The molecule has 0 aliphatic carbocycles. The molecule has 154 valence electrons. The highest BCUT2D eigenvalue weighted by Gasteiger charge is 2.32. The Kier molecular flexibility index (Phi) is 6.59. The Morgan fingerprint density at radius 3 is 2.41 bits per heavy atom. The second-order valence-electron chi connectivity index (χ2n) is 6.60. The van der Waals surface area contributed by atoms with E-state index in [-0.39, 0.29) is 24.3 Å². The Morgan fingerprint density at radius 2 is 1.76 bits per heavy atom. The van der Waals surface area contributed by atoms with Crippen LogP contribution in [0.15, 0.2) is 42.5 Å². The minimum absolute atomic E-state index is 0.0258. The summed E-state index contributed by atoms with van der Waals surface area (Å²) in [6.45, 7) is 5.17. The van der Waals surface area contributed by atoms with E-state index in [9.17, 15) is 9.59 Å². The second kappa shape index (κ2) is 9.32. The van der Waals surface area contributed by atoms with E-state index in [1.807, 2.05) is 38.1 Å². The molecule has 0 unspecified atom stereocenters. The first-order valence-corrected chi connectivity index (χ1v) is 9.70. The number of ether oxygens (including phenoxy) is 3. The molecule has 0 spiro atoms. The number of rotatable bonds is 8. The molecule has 1 heterocycles. The number of anilines is 1. The topological polar surface area (TPSA) is 77.1 Å². The summed E-state index contributed by atoms with van der Waals surface area (Å²) in [4.78, 5) is 26.8. The number of nitrogens with one attached hydrogen (secondary N) is 1. The molecule has 2 aromatic carbocycles. The Bertz CT molecular complexity index is 866. The van der Waals surface area contributed by atoms with Crippen molar-refractivity contribution in [2.24, 2.45) is 0 Å². The van der Waals surface area contributed by atoms with Crippen molar-refractivity contribution in [3.05, 3.63) is 48.0 Å². The molecule has 1 aliphatic heterocycles. The highest BCUT2D eigenvalue weighted by atomic mass is 16.5. The molecule has 1 saturated heterocycles. The van der Waals surface area contributed by atoms with Gasteiger partial charge in [0.15, 0.2) is 11.5 Å². The second-order valence-corrected chi connectivity index (χ2v) is 6.60. The van der Waals surface area contributed by atoms with Crippen LogP contribution in [0.4, 0.5) is 5.69 Å². The molecule has 1 atom stereocenters. The van der Waals surface area contributed by atoms with Gasteiger partial charge in [0.2, 0.25) is 5.91 Å². The first-order valence-electron chi connectivity index (χ1n) is 9.70. The van der Waals surface area contributed by atoms with E-state index in [4.69, 9.17) is 14.2 Å². The average molecular weight is 398 g/mol. The Morgan fingerprint density at radius 1 is 1.07 bits per heavy atom. The van der Waals surface area contributed by atoms with Gasteiger partial charge in [0, 0.05) is 24.2 Å². The van der Waals surface area contributed by atoms with Gasteiger partial charge in [-0.1, -0.05) is 0 Å². The third-order valence-electron chi connectivity index (χ3n) is 4.65. The summed E-state index contributed by atoms with van der Waals surface area (Å²) in [5.41, 5.74) is 1.25. The van der Waals surface area contributed by atoms with Crippen molar-refractivity contribution < 1.29 is 23.8 Å². The van der Waals surface area contributed by atoms with Gasteiger partial charge in [0.05, 0.1) is 26.4 Å². The molecule has 1 N–H and O–H groups in total. The SMILES string of the molecule is CCOc1ccc(C(=O)N[C@@H]2CC(=O)N(c3ccc(OC)cc3)C2)cc1OCC. The van der Waals surface area contributed by atoms with Crippen LogP contribution in [-0.2, 0) is 4.79 Å². The minimum atomic E-state index is -0.265. The molecule has 29 heavy (non-hydrogen) atoms. The summed E-state index contributed by atoms with van der Waals surface area (Å²) in [5.74, 6) is 1.59. The number of amides is 2. The van der Waals surface area contributed by atoms with Gasteiger partial charge < -0.3 is 24.4 Å². The molecule has 0 radical (unpaired) electrons. The van der Waals surface area contributed by atoms with E-state index < -0.39 is 0 Å². The van der Waals surface area contributed by atoms with Crippen molar-refractivity contribution in [3.63, 3.8) is 0 Å². The van der Waals surface area contributed by atoms with Crippen molar-refractivity contribution in [3.8, 4) is 17.2 Å². The van der Waals surface area contributed by atoms with Crippen LogP contribution in [0, 0.1) is 0 Å². The van der Waals surface area contributed by atoms with Gasteiger partial charge in [-0.25, -0.2) is 0 Å². The van der Waals surface area contributed by atoms with E-state index in [2.05, 4.69) is 5.32 Å². The average Bonchev–Trinajstić information content (AvgIpc) is 3.09. The lowest BCUT2D eigenvalue weighted by Crippen LogP contribution is -2.37. The van der Waals surface area contributed by atoms with Crippen LogP contribution in [0.2, 0.25) is 0 Å². The van der Waals surface area contributed by atoms with Gasteiger partial charge >= 0.3 is 0 Å². The fourth-order valence-electron chi connectivity index (χ4n) is 3.28. The lowest BCUT2D eigenvalue weighted by molar-refractivity contribution is -0.117. The summed E-state index contributed by atoms with van der Waals surface area (Å²) in [7, 11) is 1.60. The molecule has 2 aromatic rings. The fraction of sp³-hybridized carbons (Fsp3) is 0.364. The van der Waals surface area contributed by atoms with Crippen molar-refractivity contribution in [2.45, 2.75) is 26.3 Å². The number of hydrogen-bond acceptors (Lipinski definition) is 5. The van der Waals surface area contributed by atoms with Crippen LogP contribution in [0.25, 0.3) is 0 Å². The number of benzene rings is 2. The molecule has 1 aliphatic rings. The van der Waals surface area contributed by atoms with Crippen molar-refractivity contribution in [1.82, 2.24) is 5.32 Å². The summed E-state index contributed by atoms with van der Waals surface area (Å²) in [6.07, 6.45) is 0.257. The van der Waals surface area contributed by atoms with E-state index in [1.165, 1.54) is 0 Å². The van der Waals surface area contributed by atoms with Crippen LogP contribution < -0.4 is 24.4 Å². The van der Waals surface area contributed by atoms with E-state index in [0.717, 1.165) is 11.4 Å². The van der Waals surface area contributed by atoms with Gasteiger partial charge in [-0.15, -0.1) is 0 Å². The third-order valence-corrected chi connectivity index (χ3v) is 4.65. The predicted octanol–water partition coefficient (Wildman–Crippen LogP) is 3.03. The minimum Gasteiger partial charge on any atom is -0.497 e. The predicted molar refractivity (Wildman–Crippen MR) is 110 cm³/mol. The van der Waals surface area contributed by atoms with E-state index in [0.29, 0.717) is 36.8 Å². The fourth-order valence-corrected chi connectivity index (χ4v) is 3.28. The lowest BCUT2D eigenvalue weighted by atomic mass is 10.1. The van der Waals surface area contributed by atoms with Crippen LogP contribution in [0.3, 0.4) is 0 Å². The Balaban J connectivity index is 1.67. The molecule has 0 bridgehead atoms. The molecule has 0 aromatic heterocycles. The van der Waals surface area contributed by atoms with Crippen LogP contribution in [0.5, 0.6) is 17.2 Å². The zero-order chi connectivity index (χ0) is 20.8. The summed E-state index contributed by atoms with van der Waals surface area (Å²) < 4.78 is 16.3.